The number of nitrogens with one attached hydrogen (secondary N) is 2. The molecule has 4 rings (SSSR count). The molecule has 9 nitrogen and oxygen atoms in total. The van der Waals surface area contributed by atoms with Gasteiger partial charge in [0, 0.05) is 11.4 Å². The van der Waals surface area contributed by atoms with Crippen molar-refractivity contribution >= 4 is 34.2 Å². The third kappa shape index (κ3) is 4.92. The van der Waals surface area contributed by atoms with Crippen LogP contribution in [0.5, 0.6) is 0 Å². The van der Waals surface area contributed by atoms with E-state index < -0.39 is 18.5 Å². The molecule has 0 bridgehead atoms. The van der Waals surface area contributed by atoms with Crippen molar-refractivity contribution in [2.75, 3.05) is 11.9 Å². The van der Waals surface area contributed by atoms with Gasteiger partial charge in [0.25, 0.3) is 17.4 Å². The minimum Gasteiger partial charge on any atom is -0.451 e. The molecule has 1 saturated carbocycles. The molecule has 1 aliphatic carbocycles. The third-order valence-electron chi connectivity index (χ3n) is 5.20. The van der Waals surface area contributed by atoms with Crippen molar-refractivity contribution in [1.82, 2.24) is 15.1 Å². The first kappa shape index (κ1) is 22.2. The van der Waals surface area contributed by atoms with E-state index in [1.54, 1.807) is 62.4 Å². The summed E-state index contributed by atoms with van der Waals surface area (Å²) < 4.78 is 6.41. The summed E-state index contributed by atoms with van der Waals surface area (Å²) in [6.07, 6.45) is 1.89. The van der Waals surface area contributed by atoms with Gasteiger partial charge < -0.3 is 15.4 Å². The SMILES string of the molecule is CC(C)n1nc(C(=O)OCC(=O)Nc2ccccc2C(=O)NC2CC2)c2ccccc2c1=O. The zero-order valence-electron chi connectivity index (χ0n) is 18.3. The Balaban J connectivity index is 1.48. The molecule has 0 atom stereocenters. The van der Waals surface area contributed by atoms with Gasteiger partial charge in [-0.25, -0.2) is 9.48 Å². The van der Waals surface area contributed by atoms with Gasteiger partial charge >= 0.3 is 5.97 Å². The Morgan fingerprint density at radius 3 is 2.42 bits per heavy atom. The summed E-state index contributed by atoms with van der Waals surface area (Å²) in [5.41, 5.74) is 0.307. The second-order valence-corrected chi connectivity index (χ2v) is 8.16. The average Bonchev–Trinajstić information content (AvgIpc) is 3.62. The smallest absolute Gasteiger partial charge is 0.359 e. The molecule has 1 aliphatic rings. The van der Waals surface area contributed by atoms with Crippen LogP contribution >= 0.6 is 0 Å². The second kappa shape index (κ2) is 9.23. The topological polar surface area (TPSA) is 119 Å². The van der Waals surface area contributed by atoms with E-state index in [1.807, 2.05) is 0 Å². The number of benzene rings is 2. The Morgan fingerprint density at radius 1 is 1.06 bits per heavy atom. The lowest BCUT2D eigenvalue weighted by Crippen LogP contribution is -2.29. The van der Waals surface area contributed by atoms with Crippen LogP contribution in [0.1, 0.15) is 53.6 Å². The van der Waals surface area contributed by atoms with Gasteiger partial charge in [-0.3, -0.25) is 14.4 Å². The minimum absolute atomic E-state index is 0.0455. The van der Waals surface area contributed by atoms with Crippen LogP contribution in [0.25, 0.3) is 10.8 Å². The quantitative estimate of drug-likeness (QED) is 0.537. The van der Waals surface area contributed by atoms with Crippen LogP contribution in [0.3, 0.4) is 0 Å². The lowest BCUT2D eigenvalue weighted by atomic mass is 10.1. The Kier molecular flexibility index (Phi) is 6.21. The average molecular weight is 448 g/mol. The summed E-state index contributed by atoms with van der Waals surface area (Å²) >= 11 is 0. The molecule has 0 radical (unpaired) electrons. The number of amides is 2. The molecule has 2 aromatic carbocycles. The van der Waals surface area contributed by atoms with E-state index in [4.69, 9.17) is 4.74 Å². The van der Waals surface area contributed by atoms with Crippen molar-refractivity contribution in [2.24, 2.45) is 0 Å². The van der Waals surface area contributed by atoms with E-state index >= 15 is 0 Å². The number of hydrogen-bond acceptors (Lipinski definition) is 6. The van der Waals surface area contributed by atoms with Gasteiger partial charge in [0.2, 0.25) is 0 Å². The monoisotopic (exact) mass is 448 g/mol. The molecule has 1 heterocycles. The number of carbonyl (C=O) groups excluding carboxylic acids is 3. The molecule has 9 heteroatoms. The first-order chi connectivity index (χ1) is 15.8. The summed E-state index contributed by atoms with van der Waals surface area (Å²) in [4.78, 5) is 50.2. The first-order valence-electron chi connectivity index (χ1n) is 10.7. The van der Waals surface area contributed by atoms with Crippen LogP contribution in [-0.2, 0) is 9.53 Å². The molecule has 1 aromatic heterocycles. The Hall–Kier alpha value is -4.01. The van der Waals surface area contributed by atoms with Crippen molar-refractivity contribution in [3.05, 3.63) is 70.1 Å². The maximum absolute atomic E-state index is 12.8. The highest BCUT2D eigenvalue weighted by molar-refractivity contribution is 6.05. The lowest BCUT2D eigenvalue weighted by Gasteiger charge is -2.13. The van der Waals surface area contributed by atoms with Gasteiger partial charge in [0.1, 0.15) is 0 Å². The molecule has 0 unspecified atom stereocenters. The summed E-state index contributed by atoms with van der Waals surface area (Å²) in [5.74, 6) is -1.69. The highest BCUT2D eigenvalue weighted by atomic mass is 16.5. The van der Waals surface area contributed by atoms with Gasteiger partial charge in [-0.05, 0) is 44.9 Å². The third-order valence-corrected chi connectivity index (χ3v) is 5.20. The highest BCUT2D eigenvalue weighted by Gasteiger charge is 2.25. The maximum atomic E-state index is 12.8. The number of nitrogens with zero attached hydrogens (tertiary/aromatic N) is 2. The van der Waals surface area contributed by atoms with Gasteiger partial charge in [-0.2, -0.15) is 5.10 Å². The largest absolute Gasteiger partial charge is 0.451 e. The van der Waals surface area contributed by atoms with Crippen LogP contribution in [0.2, 0.25) is 0 Å². The molecule has 2 amide bonds. The van der Waals surface area contributed by atoms with Crippen LogP contribution in [0.4, 0.5) is 5.69 Å². The minimum atomic E-state index is -0.824. The molecule has 33 heavy (non-hydrogen) atoms. The number of fused-ring (bicyclic) bond motifs is 1. The maximum Gasteiger partial charge on any atom is 0.359 e. The normalized spacial score (nSPS) is 13.1. The fourth-order valence-electron chi connectivity index (χ4n) is 3.37. The van der Waals surface area contributed by atoms with Crippen molar-refractivity contribution in [1.29, 1.82) is 0 Å². The fraction of sp³-hybridized carbons (Fsp3) is 0.292. The molecule has 3 aromatic rings. The second-order valence-electron chi connectivity index (χ2n) is 8.16. The van der Waals surface area contributed by atoms with E-state index in [1.165, 1.54) is 4.68 Å². The molecule has 0 aliphatic heterocycles. The summed E-state index contributed by atoms with van der Waals surface area (Å²) in [5, 5.41) is 10.4. The van der Waals surface area contributed by atoms with E-state index in [-0.39, 0.29) is 29.2 Å². The zero-order chi connectivity index (χ0) is 23.5. The van der Waals surface area contributed by atoms with Crippen molar-refractivity contribution < 1.29 is 19.1 Å². The van der Waals surface area contributed by atoms with Gasteiger partial charge in [-0.1, -0.05) is 30.3 Å². The van der Waals surface area contributed by atoms with Crippen LogP contribution in [-0.4, -0.2) is 40.2 Å². The summed E-state index contributed by atoms with van der Waals surface area (Å²) in [7, 11) is 0. The zero-order valence-corrected chi connectivity index (χ0v) is 18.3. The Labute approximate surface area is 189 Å². The van der Waals surface area contributed by atoms with Crippen molar-refractivity contribution in [2.45, 2.75) is 38.8 Å². The van der Waals surface area contributed by atoms with E-state index in [2.05, 4.69) is 15.7 Å². The predicted octanol–water partition coefficient (Wildman–Crippen LogP) is 2.67. The van der Waals surface area contributed by atoms with E-state index in [0.29, 0.717) is 22.0 Å². The number of esters is 1. The number of anilines is 1. The number of carbonyl (C=O) groups is 3. The molecule has 170 valence electrons. The van der Waals surface area contributed by atoms with Gasteiger partial charge in [0.15, 0.2) is 12.3 Å². The number of para-hydroxylation sites is 1. The molecule has 1 fully saturated rings. The van der Waals surface area contributed by atoms with Crippen molar-refractivity contribution in [3.63, 3.8) is 0 Å². The molecule has 0 spiro atoms. The van der Waals surface area contributed by atoms with Crippen molar-refractivity contribution in [3.8, 4) is 0 Å². The van der Waals surface area contributed by atoms with Crippen LogP contribution in [0, 0.1) is 0 Å². The Bertz CT molecular complexity index is 1290. The number of aromatic nitrogens is 2. The van der Waals surface area contributed by atoms with E-state index in [9.17, 15) is 19.2 Å². The van der Waals surface area contributed by atoms with Gasteiger partial charge in [-0.15, -0.1) is 0 Å². The highest BCUT2D eigenvalue weighted by Crippen LogP contribution is 2.22. The molecule has 0 saturated heterocycles. The number of hydrogen-bond donors (Lipinski definition) is 2. The Morgan fingerprint density at radius 2 is 1.73 bits per heavy atom. The summed E-state index contributed by atoms with van der Waals surface area (Å²) in [6.45, 7) is 2.99. The summed E-state index contributed by atoms with van der Waals surface area (Å²) in [6, 6.07) is 13.2. The predicted molar refractivity (Wildman–Crippen MR) is 122 cm³/mol. The van der Waals surface area contributed by atoms with Crippen LogP contribution < -0.4 is 16.2 Å². The first-order valence-corrected chi connectivity index (χ1v) is 10.7. The molecular formula is C24H24N4O5. The fourth-order valence-corrected chi connectivity index (χ4v) is 3.37. The lowest BCUT2D eigenvalue weighted by molar-refractivity contribution is -0.119. The van der Waals surface area contributed by atoms with Gasteiger partial charge in [0.05, 0.1) is 22.7 Å². The number of rotatable bonds is 7. The standard InChI is InChI=1S/C24H24N4O5/c1-14(2)28-23(31)17-8-4-3-7-16(17)21(27-28)24(32)33-13-20(29)26-19-10-6-5-9-18(19)22(30)25-15-11-12-15/h3-10,14-15H,11-13H2,1-2H3,(H,25,30)(H,26,29). The molecule has 2 N–H and O–H groups in total. The van der Waals surface area contributed by atoms with E-state index in [0.717, 1.165) is 12.8 Å². The number of ether oxygens (including phenoxy) is 1. The molecular weight excluding hydrogens is 424 g/mol. The van der Waals surface area contributed by atoms with Crippen LogP contribution in [0.15, 0.2) is 53.3 Å².